The number of fused-ring (bicyclic) bond motifs is 1. The second-order valence-electron chi connectivity index (χ2n) is 9.04. The van der Waals surface area contributed by atoms with Crippen molar-refractivity contribution in [3.05, 3.63) is 47.4 Å². The maximum atomic E-state index is 13.5. The van der Waals surface area contributed by atoms with Crippen LogP contribution in [0, 0.1) is 12.8 Å². The SMILES string of the molecule is CCCN(CC(=O)N(Cc1ccc2c(c1)OCO2)Cc1ccc(C)o1)C(=O)C1CCCCC1. The highest BCUT2D eigenvalue weighted by Crippen LogP contribution is 2.33. The third kappa shape index (κ3) is 5.89. The second-order valence-corrected chi connectivity index (χ2v) is 9.04. The van der Waals surface area contributed by atoms with Gasteiger partial charge in [-0.2, -0.15) is 0 Å². The first-order chi connectivity index (χ1) is 16.0. The molecule has 0 saturated heterocycles. The van der Waals surface area contributed by atoms with Crippen molar-refractivity contribution in [2.75, 3.05) is 19.9 Å². The number of benzene rings is 1. The molecule has 0 N–H and O–H groups in total. The van der Waals surface area contributed by atoms with Gasteiger partial charge in [0.05, 0.1) is 13.1 Å². The lowest BCUT2D eigenvalue weighted by Crippen LogP contribution is -2.45. The molecule has 0 bridgehead atoms. The molecule has 2 heterocycles. The molecule has 2 aromatic rings. The molecule has 0 spiro atoms. The minimum Gasteiger partial charge on any atom is -0.464 e. The molecule has 7 nitrogen and oxygen atoms in total. The summed E-state index contributed by atoms with van der Waals surface area (Å²) in [7, 11) is 0. The van der Waals surface area contributed by atoms with E-state index in [2.05, 4.69) is 0 Å². The molecule has 2 aliphatic rings. The van der Waals surface area contributed by atoms with Crippen molar-refractivity contribution in [1.82, 2.24) is 9.80 Å². The molecule has 1 fully saturated rings. The minimum absolute atomic E-state index is 0.0492. The Kier molecular flexibility index (Phi) is 7.57. The molecule has 1 aliphatic carbocycles. The first-order valence-corrected chi connectivity index (χ1v) is 12.0. The number of nitrogens with zero attached hydrogens (tertiary/aromatic N) is 2. The molecule has 1 aromatic heterocycles. The molecule has 1 saturated carbocycles. The van der Waals surface area contributed by atoms with E-state index in [4.69, 9.17) is 13.9 Å². The minimum atomic E-state index is -0.0840. The van der Waals surface area contributed by atoms with E-state index in [1.165, 1.54) is 6.42 Å². The van der Waals surface area contributed by atoms with Crippen LogP contribution in [0.3, 0.4) is 0 Å². The number of rotatable bonds is 9. The van der Waals surface area contributed by atoms with Gasteiger partial charge in [0.2, 0.25) is 18.6 Å². The quantitative estimate of drug-likeness (QED) is 0.551. The average Bonchev–Trinajstić information content (AvgIpc) is 3.46. The number of furan rings is 1. The Morgan fingerprint density at radius 1 is 0.970 bits per heavy atom. The summed E-state index contributed by atoms with van der Waals surface area (Å²) in [6.07, 6.45) is 6.07. The summed E-state index contributed by atoms with van der Waals surface area (Å²) in [6.45, 7) is 5.57. The molecule has 1 aliphatic heterocycles. The van der Waals surface area contributed by atoms with Crippen LogP contribution in [-0.2, 0) is 22.7 Å². The van der Waals surface area contributed by atoms with Gasteiger partial charge in [0, 0.05) is 19.0 Å². The third-order valence-corrected chi connectivity index (χ3v) is 6.39. The molecule has 1 aromatic carbocycles. The summed E-state index contributed by atoms with van der Waals surface area (Å²) in [6, 6.07) is 9.51. The second kappa shape index (κ2) is 10.8. The lowest BCUT2D eigenvalue weighted by Gasteiger charge is -2.31. The maximum Gasteiger partial charge on any atom is 0.242 e. The van der Waals surface area contributed by atoms with Gasteiger partial charge >= 0.3 is 0 Å². The molecule has 0 radical (unpaired) electrons. The zero-order valence-corrected chi connectivity index (χ0v) is 19.7. The van der Waals surface area contributed by atoms with Crippen LogP contribution in [0.2, 0.25) is 0 Å². The van der Waals surface area contributed by atoms with Crippen molar-refractivity contribution in [1.29, 1.82) is 0 Å². The highest BCUT2D eigenvalue weighted by atomic mass is 16.7. The van der Waals surface area contributed by atoms with E-state index >= 15 is 0 Å². The van der Waals surface area contributed by atoms with Crippen molar-refractivity contribution < 1.29 is 23.5 Å². The largest absolute Gasteiger partial charge is 0.464 e. The fourth-order valence-electron chi connectivity index (χ4n) is 4.66. The summed E-state index contributed by atoms with van der Waals surface area (Å²) in [5.41, 5.74) is 0.941. The Balaban J connectivity index is 1.50. The van der Waals surface area contributed by atoms with Crippen molar-refractivity contribution in [2.24, 2.45) is 5.92 Å². The number of amides is 2. The lowest BCUT2D eigenvalue weighted by atomic mass is 9.88. The van der Waals surface area contributed by atoms with Gasteiger partial charge in [-0.1, -0.05) is 32.3 Å². The van der Waals surface area contributed by atoms with Crippen LogP contribution in [0.15, 0.2) is 34.7 Å². The van der Waals surface area contributed by atoms with Crippen LogP contribution in [0.5, 0.6) is 11.5 Å². The molecule has 178 valence electrons. The van der Waals surface area contributed by atoms with Crippen LogP contribution in [0.4, 0.5) is 0 Å². The topological polar surface area (TPSA) is 72.2 Å². The number of ether oxygens (including phenoxy) is 2. The number of hydrogen-bond donors (Lipinski definition) is 0. The van der Waals surface area contributed by atoms with E-state index in [9.17, 15) is 9.59 Å². The average molecular weight is 455 g/mol. The van der Waals surface area contributed by atoms with Gasteiger partial charge in [-0.3, -0.25) is 9.59 Å². The van der Waals surface area contributed by atoms with E-state index in [1.54, 1.807) is 9.80 Å². The monoisotopic (exact) mass is 454 g/mol. The fraction of sp³-hybridized carbons (Fsp3) is 0.538. The van der Waals surface area contributed by atoms with Crippen LogP contribution in [0.25, 0.3) is 0 Å². The van der Waals surface area contributed by atoms with Crippen molar-refractivity contribution in [3.63, 3.8) is 0 Å². The summed E-state index contributed by atoms with van der Waals surface area (Å²) in [5, 5.41) is 0. The Morgan fingerprint density at radius 3 is 2.48 bits per heavy atom. The molecule has 33 heavy (non-hydrogen) atoms. The van der Waals surface area contributed by atoms with Gasteiger partial charge in [-0.15, -0.1) is 0 Å². The Morgan fingerprint density at radius 2 is 1.76 bits per heavy atom. The molecular formula is C26H34N2O5. The van der Waals surface area contributed by atoms with Crippen molar-refractivity contribution in [2.45, 2.75) is 65.5 Å². The van der Waals surface area contributed by atoms with Gasteiger partial charge in [0.1, 0.15) is 11.5 Å². The molecule has 0 unspecified atom stereocenters. The van der Waals surface area contributed by atoms with E-state index in [0.29, 0.717) is 31.1 Å². The first kappa shape index (κ1) is 23.2. The Hall–Kier alpha value is -2.96. The molecule has 7 heteroatoms. The zero-order valence-electron chi connectivity index (χ0n) is 19.7. The summed E-state index contributed by atoms with van der Waals surface area (Å²) in [4.78, 5) is 30.2. The van der Waals surface area contributed by atoms with Gasteiger partial charge < -0.3 is 23.7 Å². The third-order valence-electron chi connectivity index (χ3n) is 6.39. The van der Waals surface area contributed by atoms with Crippen LogP contribution in [0.1, 0.15) is 62.5 Å². The van der Waals surface area contributed by atoms with Crippen LogP contribution in [-0.4, -0.2) is 41.5 Å². The highest BCUT2D eigenvalue weighted by molar-refractivity contribution is 5.86. The number of hydrogen-bond acceptors (Lipinski definition) is 5. The van der Waals surface area contributed by atoms with E-state index in [1.807, 2.05) is 44.2 Å². The number of carbonyl (C=O) groups excluding carboxylic acids is 2. The van der Waals surface area contributed by atoms with Crippen molar-refractivity contribution >= 4 is 11.8 Å². The highest BCUT2D eigenvalue weighted by Gasteiger charge is 2.28. The van der Waals surface area contributed by atoms with Crippen LogP contribution >= 0.6 is 0 Å². The zero-order chi connectivity index (χ0) is 23.2. The van der Waals surface area contributed by atoms with E-state index < -0.39 is 0 Å². The van der Waals surface area contributed by atoms with Crippen LogP contribution < -0.4 is 9.47 Å². The number of aryl methyl sites for hydroxylation is 1. The summed E-state index contributed by atoms with van der Waals surface area (Å²) in [5.74, 6) is 3.02. The Labute approximate surface area is 195 Å². The standard InChI is InChI=1S/C26H34N2O5/c1-3-13-27(26(30)21-7-5-4-6-8-21)17-25(29)28(16-22-11-9-19(2)33-22)15-20-10-12-23-24(14-20)32-18-31-23/h9-12,14,21H,3-8,13,15-18H2,1-2H3. The molecule has 4 rings (SSSR count). The van der Waals surface area contributed by atoms with Gasteiger partial charge in [0.15, 0.2) is 11.5 Å². The summed E-state index contributed by atoms with van der Waals surface area (Å²) < 4.78 is 16.7. The fourth-order valence-corrected chi connectivity index (χ4v) is 4.66. The van der Waals surface area contributed by atoms with Crippen molar-refractivity contribution in [3.8, 4) is 11.5 Å². The predicted octanol–water partition coefficient (Wildman–Crippen LogP) is 4.66. The lowest BCUT2D eigenvalue weighted by molar-refractivity contribution is -0.144. The predicted molar refractivity (Wildman–Crippen MR) is 124 cm³/mol. The Bertz CT molecular complexity index is 963. The maximum absolute atomic E-state index is 13.5. The summed E-state index contributed by atoms with van der Waals surface area (Å²) >= 11 is 0. The van der Waals surface area contributed by atoms with E-state index in [-0.39, 0.29) is 31.1 Å². The van der Waals surface area contributed by atoms with E-state index in [0.717, 1.165) is 49.2 Å². The molecule has 0 atom stereocenters. The molecule has 2 amide bonds. The van der Waals surface area contributed by atoms with Gasteiger partial charge in [0.25, 0.3) is 0 Å². The van der Waals surface area contributed by atoms with Gasteiger partial charge in [-0.05, 0) is 56.0 Å². The normalized spacial score (nSPS) is 15.5. The first-order valence-electron chi connectivity index (χ1n) is 12.0. The van der Waals surface area contributed by atoms with Gasteiger partial charge in [-0.25, -0.2) is 0 Å². The molecular weight excluding hydrogens is 420 g/mol. The smallest absolute Gasteiger partial charge is 0.242 e. The number of carbonyl (C=O) groups is 2.